The van der Waals surface area contributed by atoms with Gasteiger partial charge in [-0.3, -0.25) is 4.79 Å². The smallest absolute Gasteiger partial charge is 0.323 e. The minimum Gasteiger partial charge on any atom is -0.486 e. The second-order valence-corrected chi connectivity index (χ2v) is 8.93. The summed E-state index contributed by atoms with van der Waals surface area (Å²) < 4.78 is 13.4. The number of thioether (sulfide) groups is 1. The average Bonchev–Trinajstić information content (AvgIpc) is 3.40. The van der Waals surface area contributed by atoms with Gasteiger partial charge in [0, 0.05) is 17.8 Å². The van der Waals surface area contributed by atoms with Crippen molar-refractivity contribution < 1.29 is 14.3 Å². The predicted molar refractivity (Wildman–Crippen MR) is 127 cm³/mol. The highest BCUT2D eigenvalue weighted by molar-refractivity contribution is 8.00. The number of rotatable bonds is 6. The molecule has 0 saturated carbocycles. The number of hydrogen-bond acceptors (Lipinski definition) is 6. The summed E-state index contributed by atoms with van der Waals surface area (Å²) in [4.78, 5) is 34.2. The molecular weight excluding hydrogens is 442 g/mol. The Morgan fingerprint density at radius 1 is 1.15 bits per heavy atom. The van der Waals surface area contributed by atoms with Gasteiger partial charge in [0.1, 0.15) is 13.2 Å². The van der Waals surface area contributed by atoms with Gasteiger partial charge in [-0.1, -0.05) is 11.8 Å². The number of aromatic nitrogens is 4. The van der Waals surface area contributed by atoms with Crippen LogP contribution >= 0.6 is 11.8 Å². The average molecular weight is 466 g/mol. The number of carbonyl (C=O) groups excluding carboxylic acids is 1. The standard InChI is InChI=1S/C23H23N5O4S/c1-3-28-18(14-4-7-19-20(10-14)32-9-8-31-19)12-24-23(28)33-13(2)21(29)25-15-5-6-16-17(11-15)27-22(30)26-16/h4-7,10-13H,3,8-9H2,1-2H3,(H,25,29)(H2,26,27,30). The van der Waals surface area contributed by atoms with Gasteiger partial charge >= 0.3 is 5.69 Å². The number of carbonyl (C=O) groups is 1. The van der Waals surface area contributed by atoms with E-state index in [4.69, 9.17) is 9.47 Å². The molecule has 2 aromatic heterocycles. The topological polar surface area (TPSA) is 114 Å². The maximum atomic E-state index is 12.8. The fourth-order valence-corrected chi connectivity index (χ4v) is 4.71. The van der Waals surface area contributed by atoms with E-state index in [2.05, 4.69) is 24.8 Å². The van der Waals surface area contributed by atoms with Crippen molar-refractivity contribution in [3.63, 3.8) is 0 Å². The summed E-state index contributed by atoms with van der Waals surface area (Å²) in [7, 11) is 0. The van der Waals surface area contributed by atoms with E-state index in [0.29, 0.717) is 36.5 Å². The van der Waals surface area contributed by atoms with Gasteiger partial charge in [-0.05, 0) is 50.2 Å². The van der Waals surface area contributed by atoms with Crippen LogP contribution in [0.2, 0.25) is 0 Å². The number of nitrogens with zero attached hydrogens (tertiary/aromatic N) is 2. The molecule has 0 aliphatic carbocycles. The van der Waals surface area contributed by atoms with E-state index in [-0.39, 0.29) is 16.8 Å². The van der Waals surface area contributed by atoms with Crippen LogP contribution in [0.1, 0.15) is 13.8 Å². The van der Waals surface area contributed by atoms with Gasteiger partial charge in [0.2, 0.25) is 5.91 Å². The van der Waals surface area contributed by atoms with E-state index in [0.717, 1.165) is 27.9 Å². The lowest BCUT2D eigenvalue weighted by Crippen LogP contribution is -2.23. The Labute approximate surface area is 193 Å². The van der Waals surface area contributed by atoms with Crippen LogP contribution in [-0.2, 0) is 11.3 Å². The summed E-state index contributed by atoms with van der Waals surface area (Å²) in [6.07, 6.45) is 1.82. The van der Waals surface area contributed by atoms with Gasteiger partial charge in [0.25, 0.3) is 0 Å². The van der Waals surface area contributed by atoms with Crippen LogP contribution in [0.15, 0.2) is 52.5 Å². The SMILES string of the molecule is CCn1c(-c2ccc3c(c2)OCCO3)cnc1SC(C)C(=O)Nc1ccc2[nH]c(=O)[nH]c2c1. The first-order valence-electron chi connectivity index (χ1n) is 10.7. The largest absolute Gasteiger partial charge is 0.486 e. The molecule has 1 aliphatic rings. The normalized spacial score (nSPS) is 13.8. The molecule has 0 saturated heterocycles. The molecule has 0 spiro atoms. The Morgan fingerprint density at radius 3 is 2.76 bits per heavy atom. The van der Waals surface area contributed by atoms with Crippen molar-refractivity contribution >= 4 is 34.4 Å². The Balaban J connectivity index is 1.32. The van der Waals surface area contributed by atoms with Crippen LogP contribution < -0.4 is 20.5 Å². The van der Waals surface area contributed by atoms with E-state index in [1.54, 1.807) is 18.2 Å². The first-order chi connectivity index (χ1) is 16.0. The Kier molecular flexibility index (Phi) is 5.59. The summed E-state index contributed by atoms with van der Waals surface area (Å²) in [6.45, 7) is 5.68. The molecule has 0 fully saturated rings. The number of imidazole rings is 2. The number of H-pyrrole nitrogens is 2. The van der Waals surface area contributed by atoms with Crippen molar-refractivity contribution in [3.05, 3.63) is 53.1 Å². The lowest BCUT2D eigenvalue weighted by Gasteiger charge is -2.19. The summed E-state index contributed by atoms with van der Waals surface area (Å²) in [6, 6.07) is 11.1. The second kappa shape index (κ2) is 8.70. The van der Waals surface area contributed by atoms with Crippen molar-refractivity contribution in [2.75, 3.05) is 18.5 Å². The van der Waals surface area contributed by atoms with E-state index < -0.39 is 0 Å². The maximum Gasteiger partial charge on any atom is 0.323 e. The zero-order valence-electron chi connectivity index (χ0n) is 18.2. The molecule has 33 heavy (non-hydrogen) atoms. The first-order valence-corrected chi connectivity index (χ1v) is 11.5. The van der Waals surface area contributed by atoms with E-state index in [1.807, 2.05) is 38.2 Å². The minimum absolute atomic E-state index is 0.149. The highest BCUT2D eigenvalue weighted by Gasteiger charge is 2.21. The van der Waals surface area contributed by atoms with E-state index in [1.165, 1.54) is 11.8 Å². The third kappa shape index (κ3) is 4.21. The number of hydrogen-bond donors (Lipinski definition) is 3. The molecule has 2 aromatic carbocycles. The minimum atomic E-state index is -0.383. The first kappa shape index (κ1) is 21.2. The number of benzene rings is 2. The lowest BCUT2D eigenvalue weighted by molar-refractivity contribution is -0.115. The van der Waals surface area contributed by atoms with Gasteiger partial charge in [-0.25, -0.2) is 9.78 Å². The monoisotopic (exact) mass is 465 g/mol. The van der Waals surface area contributed by atoms with E-state index >= 15 is 0 Å². The molecule has 1 aliphatic heterocycles. The molecule has 0 radical (unpaired) electrons. The van der Waals surface area contributed by atoms with Crippen molar-refractivity contribution in [3.8, 4) is 22.8 Å². The van der Waals surface area contributed by atoms with Crippen molar-refractivity contribution in [1.82, 2.24) is 19.5 Å². The van der Waals surface area contributed by atoms with Gasteiger partial charge in [0.05, 0.1) is 28.2 Å². The third-order valence-electron chi connectivity index (χ3n) is 5.41. The van der Waals surface area contributed by atoms with Crippen molar-refractivity contribution in [1.29, 1.82) is 0 Å². The molecule has 9 nitrogen and oxygen atoms in total. The van der Waals surface area contributed by atoms with Crippen LogP contribution in [-0.4, -0.2) is 43.9 Å². The molecule has 10 heteroatoms. The van der Waals surface area contributed by atoms with Crippen molar-refractivity contribution in [2.45, 2.75) is 30.8 Å². The van der Waals surface area contributed by atoms with Gasteiger partial charge in [-0.2, -0.15) is 0 Å². The van der Waals surface area contributed by atoms with Crippen LogP contribution in [0, 0.1) is 0 Å². The summed E-state index contributed by atoms with van der Waals surface area (Å²) in [5.41, 5.74) is 3.60. The number of anilines is 1. The van der Waals surface area contributed by atoms with Gasteiger partial charge in [-0.15, -0.1) is 0 Å². The van der Waals surface area contributed by atoms with Gasteiger partial charge in [0.15, 0.2) is 16.7 Å². The Morgan fingerprint density at radius 2 is 1.94 bits per heavy atom. The number of nitrogens with one attached hydrogen (secondary N) is 3. The number of amides is 1. The molecule has 1 amide bonds. The summed E-state index contributed by atoms with van der Waals surface area (Å²) in [5, 5.41) is 3.29. The molecule has 4 aromatic rings. The molecule has 170 valence electrons. The zero-order chi connectivity index (χ0) is 22.9. The maximum absolute atomic E-state index is 12.8. The molecule has 1 unspecified atom stereocenters. The molecule has 0 bridgehead atoms. The molecular formula is C23H23N5O4S. The van der Waals surface area contributed by atoms with Gasteiger partial charge < -0.3 is 29.3 Å². The molecule has 1 atom stereocenters. The third-order valence-corrected chi connectivity index (χ3v) is 6.51. The van der Waals surface area contributed by atoms with Crippen LogP contribution in [0.4, 0.5) is 5.69 Å². The van der Waals surface area contributed by atoms with Crippen molar-refractivity contribution in [2.24, 2.45) is 0 Å². The summed E-state index contributed by atoms with van der Waals surface area (Å²) >= 11 is 1.39. The number of aromatic amines is 2. The predicted octanol–water partition coefficient (Wildman–Crippen LogP) is 3.63. The highest BCUT2D eigenvalue weighted by atomic mass is 32.2. The zero-order valence-corrected chi connectivity index (χ0v) is 19.0. The molecule has 3 N–H and O–H groups in total. The number of ether oxygens (including phenoxy) is 2. The van der Waals surface area contributed by atoms with Crippen LogP contribution in [0.3, 0.4) is 0 Å². The fraction of sp³-hybridized carbons (Fsp3) is 0.261. The second-order valence-electron chi connectivity index (χ2n) is 7.62. The molecule has 5 rings (SSSR count). The lowest BCUT2D eigenvalue weighted by atomic mass is 10.1. The van der Waals surface area contributed by atoms with Crippen LogP contribution in [0.5, 0.6) is 11.5 Å². The quantitative estimate of drug-likeness (QED) is 0.375. The van der Waals surface area contributed by atoms with Crippen LogP contribution in [0.25, 0.3) is 22.3 Å². The highest BCUT2D eigenvalue weighted by Crippen LogP contribution is 2.36. The number of fused-ring (bicyclic) bond motifs is 2. The Hall–Kier alpha value is -3.66. The molecule has 3 heterocycles. The Bertz CT molecular complexity index is 1390. The fourth-order valence-electron chi connectivity index (χ4n) is 3.76. The summed E-state index contributed by atoms with van der Waals surface area (Å²) in [5.74, 6) is 1.32. The van der Waals surface area contributed by atoms with E-state index in [9.17, 15) is 9.59 Å².